The van der Waals surface area contributed by atoms with Gasteiger partial charge in [-0.15, -0.1) is 0 Å². The molecule has 0 atom stereocenters. The van der Waals surface area contributed by atoms with Gasteiger partial charge < -0.3 is 10.2 Å². The first-order valence-electron chi connectivity index (χ1n) is 6.86. The van der Waals surface area contributed by atoms with Gasteiger partial charge >= 0.3 is 0 Å². The van der Waals surface area contributed by atoms with E-state index >= 15 is 0 Å². The molecule has 2 nitrogen and oxygen atoms in total. The fourth-order valence-corrected chi connectivity index (χ4v) is 2.40. The van der Waals surface area contributed by atoms with Crippen molar-refractivity contribution in [2.24, 2.45) is 0 Å². The summed E-state index contributed by atoms with van der Waals surface area (Å²) in [5, 5.41) is 3.47. The standard InChI is InChI=1S/C16H28N2/c1-11(2)17-8-9-18(7)16-14(5)12(3)10-13(4)15(16)6/h10-11,17H,8-9H2,1-7H3. The van der Waals surface area contributed by atoms with E-state index in [-0.39, 0.29) is 0 Å². The summed E-state index contributed by atoms with van der Waals surface area (Å²) in [7, 11) is 2.19. The Kier molecular flexibility index (Phi) is 5.21. The molecule has 18 heavy (non-hydrogen) atoms. The van der Waals surface area contributed by atoms with Gasteiger partial charge in [-0.25, -0.2) is 0 Å². The summed E-state index contributed by atoms with van der Waals surface area (Å²) < 4.78 is 0. The van der Waals surface area contributed by atoms with E-state index in [1.54, 1.807) is 0 Å². The Morgan fingerprint density at radius 2 is 1.56 bits per heavy atom. The fraction of sp³-hybridized carbons (Fsp3) is 0.625. The number of nitrogens with one attached hydrogen (secondary N) is 1. The van der Waals surface area contributed by atoms with Gasteiger partial charge in [0.1, 0.15) is 0 Å². The largest absolute Gasteiger partial charge is 0.373 e. The van der Waals surface area contributed by atoms with E-state index in [2.05, 4.69) is 64.9 Å². The minimum absolute atomic E-state index is 0.555. The van der Waals surface area contributed by atoms with Crippen LogP contribution < -0.4 is 10.2 Å². The Balaban J connectivity index is 2.88. The van der Waals surface area contributed by atoms with Crippen molar-refractivity contribution >= 4 is 5.69 Å². The molecule has 102 valence electrons. The molecule has 0 unspecified atom stereocenters. The Bertz CT molecular complexity index is 382. The van der Waals surface area contributed by atoms with E-state index in [9.17, 15) is 0 Å². The van der Waals surface area contributed by atoms with Crippen LogP contribution in [0.3, 0.4) is 0 Å². The minimum atomic E-state index is 0.555. The van der Waals surface area contributed by atoms with Gasteiger partial charge in [0, 0.05) is 31.9 Å². The van der Waals surface area contributed by atoms with Crippen molar-refractivity contribution in [1.29, 1.82) is 0 Å². The third-order valence-corrected chi connectivity index (χ3v) is 3.71. The van der Waals surface area contributed by atoms with Crippen LogP contribution in [0.2, 0.25) is 0 Å². The van der Waals surface area contributed by atoms with Crippen LogP contribution in [0.1, 0.15) is 36.1 Å². The zero-order valence-corrected chi connectivity index (χ0v) is 13.0. The van der Waals surface area contributed by atoms with E-state index < -0.39 is 0 Å². The lowest BCUT2D eigenvalue weighted by Crippen LogP contribution is -2.33. The van der Waals surface area contributed by atoms with Crippen LogP contribution >= 0.6 is 0 Å². The topological polar surface area (TPSA) is 15.3 Å². The number of anilines is 1. The van der Waals surface area contributed by atoms with Gasteiger partial charge in [-0.05, 0) is 49.9 Å². The number of aryl methyl sites for hydroxylation is 2. The normalized spacial score (nSPS) is 11.1. The molecule has 0 aliphatic heterocycles. The zero-order valence-electron chi connectivity index (χ0n) is 13.0. The predicted octanol–water partition coefficient (Wildman–Crippen LogP) is 3.35. The predicted molar refractivity (Wildman–Crippen MR) is 81.8 cm³/mol. The van der Waals surface area contributed by atoms with Crippen molar-refractivity contribution < 1.29 is 0 Å². The summed E-state index contributed by atoms with van der Waals surface area (Å²) in [5.74, 6) is 0. The molecule has 1 aromatic rings. The lowest BCUT2D eigenvalue weighted by molar-refractivity contribution is 0.589. The second-order valence-electron chi connectivity index (χ2n) is 5.64. The molecule has 0 aliphatic rings. The number of rotatable bonds is 5. The van der Waals surface area contributed by atoms with E-state index in [1.807, 2.05) is 0 Å². The number of hydrogen-bond donors (Lipinski definition) is 1. The van der Waals surface area contributed by atoms with Crippen LogP contribution in [0.15, 0.2) is 6.07 Å². The third kappa shape index (κ3) is 3.49. The van der Waals surface area contributed by atoms with Gasteiger partial charge in [0.05, 0.1) is 0 Å². The van der Waals surface area contributed by atoms with Crippen LogP contribution in [0, 0.1) is 27.7 Å². The average Bonchev–Trinajstić information content (AvgIpc) is 2.26. The summed E-state index contributed by atoms with van der Waals surface area (Å²) in [4.78, 5) is 2.38. The van der Waals surface area contributed by atoms with Crippen molar-refractivity contribution in [3.05, 3.63) is 28.3 Å². The first-order valence-corrected chi connectivity index (χ1v) is 6.86. The Morgan fingerprint density at radius 3 is 2.00 bits per heavy atom. The first-order chi connectivity index (χ1) is 8.34. The van der Waals surface area contributed by atoms with Gasteiger partial charge in [-0.2, -0.15) is 0 Å². The molecule has 0 spiro atoms. The molecule has 0 aromatic heterocycles. The summed E-state index contributed by atoms with van der Waals surface area (Å²) in [6, 6.07) is 2.84. The summed E-state index contributed by atoms with van der Waals surface area (Å²) in [6.45, 7) is 15.3. The molecule has 0 radical (unpaired) electrons. The van der Waals surface area contributed by atoms with Crippen LogP contribution in [-0.4, -0.2) is 26.2 Å². The molecule has 2 heteroatoms. The van der Waals surface area contributed by atoms with Gasteiger partial charge in [0.2, 0.25) is 0 Å². The number of nitrogens with zero attached hydrogens (tertiary/aromatic N) is 1. The molecule has 0 saturated heterocycles. The van der Waals surface area contributed by atoms with E-state index in [0.29, 0.717) is 6.04 Å². The van der Waals surface area contributed by atoms with E-state index in [1.165, 1.54) is 27.9 Å². The molecule has 1 aromatic carbocycles. The average molecular weight is 248 g/mol. The highest BCUT2D eigenvalue weighted by Crippen LogP contribution is 2.29. The third-order valence-electron chi connectivity index (χ3n) is 3.71. The smallest absolute Gasteiger partial charge is 0.0428 e. The van der Waals surface area contributed by atoms with Gasteiger partial charge in [0.25, 0.3) is 0 Å². The van der Waals surface area contributed by atoms with Crippen LogP contribution in [-0.2, 0) is 0 Å². The highest BCUT2D eigenvalue weighted by atomic mass is 15.1. The van der Waals surface area contributed by atoms with Gasteiger partial charge in [-0.1, -0.05) is 19.9 Å². The van der Waals surface area contributed by atoms with Crippen LogP contribution in [0.4, 0.5) is 5.69 Å². The number of hydrogen-bond acceptors (Lipinski definition) is 2. The van der Waals surface area contributed by atoms with Crippen molar-refractivity contribution in [3.8, 4) is 0 Å². The van der Waals surface area contributed by atoms with Crippen molar-refractivity contribution in [2.75, 3.05) is 25.0 Å². The molecule has 0 heterocycles. The second kappa shape index (κ2) is 6.24. The Morgan fingerprint density at radius 1 is 1.06 bits per heavy atom. The lowest BCUT2D eigenvalue weighted by Gasteiger charge is -2.26. The van der Waals surface area contributed by atoms with E-state index in [4.69, 9.17) is 0 Å². The van der Waals surface area contributed by atoms with Crippen LogP contribution in [0.25, 0.3) is 0 Å². The summed E-state index contributed by atoms with van der Waals surface area (Å²) >= 11 is 0. The van der Waals surface area contributed by atoms with Crippen molar-refractivity contribution in [2.45, 2.75) is 47.6 Å². The van der Waals surface area contributed by atoms with Crippen LogP contribution in [0.5, 0.6) is 0 Å². The van der Waals surface area contributed by atoms with Gasteiger partial charge in [0.15, 0.2) is 0 Å². The molecular formula is C16H28N2. The summed E-state index contributed by atoms with van der Waals surface area (Å²) in [6.07, 6.45) is 0. The SMILES string of the molecule is Cc1cc(C)c(C)c(N(C)CCNC(C)C)c1C. The van der Waals surface area contributed by atoms with E-state index in [0.717, 1.165) is 13.1 Å². The molecule has 0 saturated carbocycles. The molecule has 0 bridgehead atoms. The first kappa shape index (κ1) is 15.0. The van der Waals surface area contributed by atoms with Gasteiger partial charge in [-0.3, -0.25) is 0 Å². The maximum absolute atomic E-state index is 3.47. The minimum Gasteiger partial charge on any atom is -0.373 e. The molecule has 0 amide bonds. The molecular weight excluding hydrogens is 220 g/mol. The molecule has 1 N–H and O–H groups in total. The maximum atomic E-state index is 3.47. The highest BCUT2D eigenvalue weighted by Gasteiger charge is 2.12. The maximum Gasteiger partial charge on any atom is 0.0428 e. The second-order valence-corrected chi connectivity index (χ2v) is 5.64. The highest BCUT2D eigenvalue weighted by molar-refractivity contribution is 5.63. The number of likely N-dealkylation sites (N-methyl/N-ethyl adjacent to an activating group) is 1. The Hall–Kier alpha value is -1.02. The molecule has 1 rings (SSSR count). The summed E-state index contributed by atoms with van der Waals surface area (Å²) in [5.41, 5.74) is 6.99. The fourth-order valence-electron chi connectivity index (χ4n) is 2.40. The number of benzene rings is 1. The molecule has 0 aliphatic carbocycles. The van der Waals surface area contributed by atoms with Crippen molar-refractivity contribution in [1.82, 2.24) is 5.32 Å². The van der Waals surface area contributed by atoms with Crippen molar-refractivity contribution in [3.63, 3.8) is 0 Å². The Labute approximate surface area is 112 Å². The lowest BCUT2D eigenvalue weighted by atomic mass is 9.98. The zero-order chi connectivity index (χ0) is 13.9. The monoisotopic (exact) mass is 248 g/mol. The molecule has 0 fully saturated rings. The quantitative estimate of drug-likeness (QED) is 0.859.